The van der Waals surface area contributed by atoms with Crippen molar-refractivity contribution in [1.29, 1.82) is 0 Å². The SMILES string of the molecule is CNCc1cc(S(=O)(=O)NC2CCC(C)C2)cc(F)c1Cl. The van der Waals surface area contributed by atoms with E-state index in [4.69, 9.17) is 11.6 Å². The van der Waals surface area contributed by atoms with Gasteiger partial charge in [-0.25, -0.2) is 17.5 Å². The Hall–Kier alpha value is -0.690. The third-order valence-electron chi connectivity index (χ3n) is 3.77. The molecule has 4 nitrogen and oxygen atoms in total. The summed E-state index contributed by atoms with van der Waals surface area (Å²) in [6, 6.07) is 2.32. The van der Waals surface area contributed by atoms with Gasteiger partial charge in [0.2, 0.25) is 10.0 Å². The van der Waals surface area contributed by atoms with Crippen LogP contribution in [-0.4, -0.2) is 21.5 Å². The number of sulfonamides is 1. The summed E-state index contributed by atoms with van der Waals surface area (Å²) < 4.78 is 41.2. The highest BCUT2D eigenvalue weighted by Crippen LogP contribution is 2.28. The number of hydrogen-bond acceptors (Lipinski definition) is 3. The number of rotatable bonds is 5. The summed E-state index contributed by atoms with van der Waals surface area (Å²) >= 11 is 5.85. The maximum absolute atomic E-state index is 13.8. The van der Waals surface area contributed by atoms with E-state index in [0.717, 1.165) is 25.3 Å². The van der Waals surface area contributed by atoms with Crippen molar-refractivity contribution >= 4 is 21.6 Å². The predicted octanol–water partition coefficient (Wildman–Crippen LogP) is 2.67. The zero-order valence-corrected chi connectivity index (χ0v) is 13.7. The van der Waals surface area contributed by atoms with Gasteiger partial charge in [-0.2, -0.15) is 0 Å². The molecule has 1 saturated carbocycles. The van der Waals surface area contributed by atoms with Crippen molar-refractivity contribution in [3.05, 3.63) is 28.5 Å². The van der Waals surface area contributed by atoms with E-state index in [9.17, 15) is 12.8 Å². The van der Waals surface area contributed by atoms with Gasteiger partial charge in [0.05, 0.1) is 9.92 Å². The van der Waals surface area contributed by atoms with Gasteiger partial charge in [0.15, 0.2) is 0 Å². The van der Waals surface area contributed by atoms with Gasteiger partial charge in [-0.05, 0) is 49.9 Å². The van der Waals surface area contributed by atoms with Crippen molar-refractivity contribution in [2.45, 2.75) is 43.7 Å². The van der Waals surface area contributed by atoms with E-state index < -0.39 is 15.8 Å². The molecule has 118 valence electrons. The fourth-order valence-corrected chi connectivity index (χ4v) is 4.22. The molecule has 0 aliphatic heterocycles. The van der Waals surface area contributed by atoms with Gasteiger partial charge >= 0.3 is 0 Å². The highest BCUT2D eigenvalue weighted by molar-refractivity contribution is 7.89. The van der Waals surface area contributed by atoms with Crippen LogP contribution in [0.2, 0.25) is 5.02 Å². The van der Waals surface area contributed by atoms with Crippen LogP contribution in [-0.2, 0) is 16.6 Å². The highest BCUT2D eigenvalue weighted by atomic mass is 35.5. The Morgan fingerprint density at radius 1 is 1.38 bits per heavy atom. The number of hydrogen-bond donors (Lipinski definition) is 2. The van der Waals surface area contributed by atoms with E-state index in [-0.39, 0.29) is 16.0 Å². The second kappa shape index (κ2) is 6.60. The molecule has 21 heavy (non-hydrogen) atoms. The second-order valence-corrected chi connectivity index (χ2v) is 7.74. The molecule has 0 radical (unpaired) electrons. The molecule has 1 aliphatic carbocycles. The van der Waals surface area contributed by atoms with E-state index in [2.05, 4.69) is 17.0 Å². The van der Waals surface area contributed by atoms with Crippen molar-refractivity contribution in [3.63, 3.8) is 0 Å². The average Bonchev–Trinajstić information content (AvgIpc) is 2.79. The van der Waals surface area contributed by atoms with Gasteiger partial charge in [0, 0.05) is 12.6 Å². The molecule has 0 aromatic heterocycles. The summed E-state index contributed by atoms with van der Waals surface area (Å²) in [5.74, 6) is -0.205. The Morgan fingerprint density at radius 3 is 2.67 bits per heavy atom. The molecule has 2 rings (SSSR count). The summed E-state index contributed by atoms with van der Waals surface area (Å²) in [6.45, 7) is 2.40. The first kappa shape index (κ1) is 16.7. The Morgan fingerprint density at radius 2 is 2.10 bits per heavy atom. The third kappa shape index (κ3) is 3.94. The van der Waals surface area contributed by atoms with E-state index in [1.165, 1.54) is 6.07 Å². The van der Waals surface area contributed by atoms with Crippen molar-refractivity contribution in [3.8, 4) is 0 Å². The van der Waals surface area contributed by atoms with Gasteiger partial charge in [0.1, 0.15) is 5.82 Å². The topological polar surface area (TPSA) is 58.2 Å². The molecule has 0 amide bonds. The lowest BCUT2D eigenvalue weighted by Crippen LogP contribution is -2.33. The average molecular weight is 335 g/mol. The summed E-state index contributed by atoms with van der Waals surface area (Å²) in [6.07, 6.45) is 2.64. The zero-order chi connectivity index (χ0) is 15.6. The third-order valence-corrected chi connectivity index (χ3v) is 5.69. The lowest BCUT2D eigenvalue weighted by atomic mass is 10.1. The molecule has 7 heteroatoms. The van der Waals surface area contributed by atoms with Crippen LogP contribution in [0.15, 0.2) is 17.0 Å². The number of benzene rings is 1. The minimum Gasteiger partial charge on any atom is -0.316 e. The number of halogens is 2. The fourth-order valence-electron chi connectivity index (χ4n) is 2.69. The smallest absolute Gasteiger partial charge is 0.240 e. The molecule has 1 aliphatic rings. The highest BCUT2D eigenvalue weighted by Gasteiger charge is 2.27. The molecule has 0 bridgehead atoms. The van der Waals surface area contributed by atoms with Gasteiger partial charge in [-0.1, -0.05) is 18.5 Å². The lowest BCUT2D eigenvalue weighted by molar-refractivity contribution is 0.536. The normalized spacial score (nSPS) is 22.7. The van der Waals surface area contributed by atoms with Crippen LogP contribution < -0.4 is 10.0 Å². The van der Waals surface area contributed by atoms with E-state index in [0.29, 0.717) is 18.0 Å². The quantitative estimate of drug-likeness (QED) is 0.870. The van der Waals surface area contributed by atoms with Crippen LogP contribution in [0.25, 0.3) is 0 Å². The molecule has 1 aromatic rings. The first-order chi connectivity index (χ1) is 9.83. The van der Waals surface area contributed by atoms with E-state index in [1.54, 1.807) is 7.05 Å². The lowest BCUT2D eigenvalue weighted by Gasteiger charge is -2.14. The zero-order valence-electron chi connectivity index (χ0n) is 12.1. The molecule has 1 aromatic carbocycles. The second-order valence-electron chi connectivity index (χ2n) is 5.64. The molecule has 2 unspecified atom stereocenters. The Labute approximate surface area is 130 Å². The molecule has 2 atom stereocenters. The molecule has 2 N–H and O–H groups in total. The maximum Gasteiger partial charge on any atom is 0.240 e. The minimum absolute atomic E-state index is 0.0437. The predicted molar refractivity (Wildman–Crippen MR) is 81.3 cm³/mol. The first-order valence-electron chi connectivity index (χ1n) is 6.98. The largest absolute Gasteiger partial charge is 0.316 e. The summed E-state index contributed by atoms with van der Waals surface area (Å²) in [5.41, 5.74) is 0.430. The van der Waals surface area contributed by atoms with Crippen molar-refractivity contribution < 1.29 is 12.8 Å². The van der Waals surface area contributed by atoms with Crippen LogP contribution >= 0.6 is 11.6 Å². The summed E-state index contributed by atoms with van der Waals surface area (Å²) in [4.78, 5) is -0.0748. The van der Waals surface area contributed by atoms with Crippen molar-refractivity contribution in [2.75, 3.05) is 7.05 Å². The fraction of sp³-hybridized carbons (Fsp3) is 0.571. The van der Waals surface area contributed by atoms with E-state index >= 15 is 0 Å². The summed E-state index contributed by atoms with van der Waals surface area (Å²) in [5, 5.41) is 2.80. The van der Waals surface area contributed by atoms with Crippen LogP contribution in [0, 0.1) is 11.7 Å². The van der Waals surface area contributed by atoms with Crippen LogP contribution in [0.1, 0.15) is 31.7 Å². The maximum atomic E-state index is 13.8. The Kier molecular flexibility index (Phi) is 5.24. The number of nitrogens with one attached hydrogen (secondary N) is 2. The van der Waals surface area contributed by atoms with Crippen molar-refractivity contribution in [2.24, 2.45) is 5.92 Å². The summed E-state index contributed by atoms with van der Waals surface area (Å²) in [7, 11) is -2.04. The first-order valence-corrected chi connectivity index (χ1v) is 8.84. The minimum atomic E-state index is -3.72. The van der Waals surface area contributed by atoms with Crippen LogP contribution in [0.3, 0.4) is 0 Å². The molecule has 1 fully saturated rings. The molecule has 0 heterocycles. The van der Waals surface area contributed by atoms with E-state index in [1.807, 2.05) is 0 Å². The Balaban J connectivity index is 2.27. The van der Waals surface area contributed by atoms with Crippen molar-refractivity contribution in [1.82, 2.24) is 10.0 Å². The molecule has 0 spiro atoms. The molecular formula is C14H20ClFN2O2S. The van der Waals surface area contributed by atoms with Crippen LogP contribution in [0.4, 0.5) is 4.39 Å². The van der Waals surface area contributed by atoms with Gasteiger partial charge in [0.25, 0.3) is 0 Å². The monoisotopic (exact) mass is 334 g/mol. The van der Waals surface area contributed by atoms with Gasteiger partial charge in [-0.15, -0.1) is 0 Å². The van der Waals surface area contributed by atoms with Crippen LogP contribution in [0.5, 0.6) is 0 Å². The van der Waals surface area contributed by atoms with Gasteiger partial charge < -0.3 is 5.32 Å². The standard InChI is InChI=1S/C14H20ClFN2O2S/c1-9-3-4-11(5-9)18-21(19,20)12-6-10(8-17-2)14(15)13(16)7-12/h6-7,9,11,17-18H,3-5,8H2,1-2H3. The Bertz CT molecular complexity index is 622. The van der Waals surface area contributed by atoms with Gasteiger partial charge in [-0.3, -0.25) is 0 Å². The molecular weight excluding hydrogens is 315 g/mol. The molecule has 0 saturated heterocycles.